The number of ether oxygens (including phenoxy) is 1. The highest BCUT2D eigenvalue weighted by Crippen LogP contribution is 2.22. The second-order valence-electron chi connectivity index (χ2n) is 5.16. The fourth-order valence-corrected chi connectivity index (χ4v) is 2.21. The van der Waals surface area contributed by atoms with Crippen LogP contribution in [0.1, 0.15) is 46.0 Å². The summed E-state index contributed by atoms with van der Waals surface area (Å²) in [6.45, 7) is 3.77. The van der Waals surface area contributed by atoms with Gasteiger partial charge in [-0.2, -0.15) is 0 Å². The van der Waals surface area contributed by atoms with Crippen LogP contribution < -0.4 is 0 Å². The molecular weight excluding hydrogens is 280 g/mol. The summed E-state index contributed by atoms with van der Waals surface area (Å²) in [5, 5.41) is 9.13. The largest absolute Gasteiger partial charge is 0.478 e. The Morgan fingerprint density at radius 1 is 0.909 bits per heavy atom. The van der Waals surface area contributed by atoms with E-state index < -0.39 is 11.9 Å². The molecule has 2 aromatic carbocycles. The molecule has 0 aliphatic rings. The minimum absolute atomic E-state index is 0.0159. The Morgan fingerprint density at radius 2 is 1.45 bits per heavy atom. The van der Waals surface area contributed by atoms with Gasteiger partial charge < -0.3 is 9.84 Å². The highest BCUT2D eigenvalue weighted by Gasteiger charge is 2.22. The predicted octanol–water partition coefficient (Wildman–Crippen LogP) is 3.73. The van der Waals surface area contributed by atoms with E-state index in [9.17, 15) is 9.59 Å². The molecule has 4 nitrogen and oxygen atoms in total. The third-order valence-corrected chi connectivity index (χ3v) is 3.70. The summed E-state index contributed by atoms with van der Waals surface area (Å²) < 4.78 is 5.44. The van der Waals surface area contributed by atoms with Gasteiger partial charge in [0.1, 0.15) is 6.10 Å². The molecule has 114 valence electrons. The Hall–Kier alpha value is -2.62. The Kier molecular flexibility index (Phi) is 4.94. The van der Waals surface area contributed by atoms with Crippen molar-refractivity contribution in [3.63, 3.8) is 0 Å². The van der Waals surface area contributed by atoms with Crippen molar-refractivity contribution in [2.75, 3.05) is 0 Å². The molecule has 2 rings (SSSR count). The number of benzene rings is 2. The molecule has 0 saturated heterocycles. The fourth-order valence-electron chi connectivity index (χ4n) is 2.21. The van der Waals surface area contributed by atoms with Gasteiger partial charge in [-0.05, 0) is 24.6 Å². The zero-order valence-electron chi connectivity index (χ0n) is 12.5. The molecule has 0 heterocycles. The van der Waals surface area contributed by atoms with Crippen molar-refractivity contribution in [2.24, 2.45) is 0 Å². The van der Waals surface area contributed by atoms with Crippen LogP contribution in [0.2, 0.25) is 0 Å². The van der Waals surface area contributed by atoms with Gasteiger partial charge >= 0.3 is 11.9 Å². The van der Waals surface area contributed by atoms with E-state index in [1.807, 2.05) is 37.3 Å². The molecule has 2 atom stereocenters. The number of carboxylic acid groups (broad SMARTS) is 1. The van der Waals surface area contributed by atoms with Crippen molar-refractivity contribution < 1.29 is 19.4 Å². The lowest BCUT2D eigenvalue weighted by Gasteiger charge is -2.21. The Bertz CT molecular complexity index is 664. The first-order chi connectivity index (χ1) is 10.5. The van der Waals surface area contributed by atoms with Crippen LogP contribution in [0, 0.1) is 0 Å². The van der Waals surface area contributed by atoms with Crippen LogP contribution >= 0.6 is 0 Å². The summed E-state index contributed by atoms with van der Waals surface area (Å²) in [6.07, 6.45) is -0.364. The van der Waals surface area contributed by atoms with Crippen molar-refractivity contribution >= 4 is 11.9 Å². The van der Waals surface area contributed by atoms with Gasteiger partial charge in [0.25, 0.3) is 0 Å². The summed E-state index contributed by atoms with van der Waals surface area (Å²) in [6, 6.07) is 15.8. The topological polar surface area (TPSA) is 63.6 Å². The predicted molar refractivity (Wildman–Crippen MR) is 83.1 cm³/mol. The third kappa shape index (κ3) is 3.52. The highest BCUT2D eigenvalue weighted by molar-refractivity contribution is 6.02. The van der Waals surface area contributed by atoms with Gasteiger partial charge in [0.15, 0.2) is 0 Å². The summed E-state index contributed by atoms with van der Waals surface area (Å²) in [5.41, 5.74) is 1.09. The van der Waals surface area contributed by atoms with Crippen LogP contribution in [0.25, 0.3) is 0 Å². The molecule has 0 aliphatic heterocycles. The average Bonchev–Trinajstić information content (AvgIpc) is 2.54. The van der Waals surface area contributed by atoms with Crippen molar-refractivity contribution in [2.45, 2.75) is 25.9 Å². The zero-order valence-corrected chi connectivity index (χ0v) is 12.5. The molecule has 0 spiro atoms. The van der Waals surface area contributed by atoms with Gasteiger partial charge in [0, 0.05) is 5.92 Å². The fraction of sp³-hybridized carbons (Fsp3) is 0.222. The SMILES string of the molecule is C[C@H](OC(=O)c1ccccc1C(=O)O)[C@@H](C)c1ccccc1. The van der Waals surface area contributed by atoms with Gasteiger partial charge in [-0.25, -0.2) is 9.59 Å². The van der Waals surface area contributed by atoms with Crippen LogP contribution in [0.3, 0.4) is 0 Å². The molecule has 0 aliphatic carbocycles. The molecule has 0 saturated carbocycles. The van der Waals surface area contributed by atoms with Gasteiger partial charge in [0.05, 0.1) is 11.1 Å². The maximum absolute atomic E-state index is 12.2. The van der Waals surface area contributed by atoms with E-state index in [2.05, 4.69) is 0 Å². The standard InChI is InChI=1S/C18H18O4/c1-12(14-8-4-3-5-9-14)13(2)22-18(21)16-11-7-6-10-15(16)17(19)20/h3-13H,1-2H3,(H,19,20)/t12-,13+/m1/s1. The number of hydrogen-bond donors (Lipinski definition) is 1. The molecule has 4 heteroatoms. The van der Waals surface area contributed by atoms with Crippen LogP contribution in [-0.2, 0) is 4.74 Å². The van der Waals surface area contributed by atoms with Crippen LogP contribution in [0.4, 0.5) is 0 Å². The van der Waals surface area contributed by atoms with Gasteiger partial charge in [0.2, 0.25) is 0 Å². The number of esters is 1. The van der Waals surface area contributed by atoms with Gasteiger partial charge in [-0.3, -0.25) is 0 Å². The third-order valence-electron chi connectivity index (χ3n) is 3.70. The van der Waals surface area contributed by atoms with Crippen LogP contribution in [-0.4, -0.2) is 23.1 Å². The van der Waals surface area contributed by atoms with Gasteiger partial charge in [-0.1, -0.05) is 49.4 Å². The summed E-state index contributed by atoms with van der Waals surface area (Å²) >= 11 is 0. The number of carboxylic acids is 1. The van der Waals surface area contributed by atoms with Crippen LogP contribution in [0.15, 0.2) is 54.6 Å². The Balaban J connectivity index is 2.14. The molecule has 0 radical (unpaired) electrons. The number of carbonyl (C=O) groups excluding carboxylic acids is 1. The minimum Gasteiger partial charge on any atom is -0.478 e. The summed E-state index contributed by atoms with van der Waals surface area (Å²) in [5.74, 6) is -1.74. The van der Waals surface area contributed by atoms with E-state index in [-0.39, 0.29) is 23.1 Å². The lowest BCUT2D eigenvalue weighted by molar-refractivity contribution is 0.0288. The number of aromatic carboxylic acids is 1. The maximum Gasteiger partial charge on any atom is 0.339 e. The Morgan fingerprint density at radius 3 is 2.05 bits per heavy atom. The second kappa shape index (κ2) is 6.89. The lowest BCUT2D eigenvalue weighted by Crippen LogP contribution is -2.22. The molecule has 0 amide bonds. The van der Waals surface area contributed by atoms with E-state index in [0.29, 0.717) is 0 Å². The Labute approximate surface area is 129 Å². The van der Waals surface area contributed by atoms with Crippen molar-refractivity contribution in [3.8, 4) is 0 Å². The minimum atomic E-state index is -1.14. The van der Waals surface area contributed by atoms with E-state index >= 15 is 0 Å². The second-order valence-corrected chi connectivity index (χ2v) is 5.16. The van der Waals surface area contributed by atoms with Crippen LogP contribution in [0.5, 0.6) is 0 Å². The number of hydrogen-bond acceptors (Lipinski definition) is 3. The lowest BCUT2D eigenvalue weighted by atomic mass is 9.96. The average molecular weight is 298 g/mol. The zero-order chi connectivity index (χ0) is 16.1. The smallest absolute Gasteiger partial charge is 0.339 e. The molecule has 1 N–H and O–H groups in total. The number of rotatable bonds is 5. The van der Waals surface area contributed by atoms with Crippen molar-refractivity contribution in [3.05, 3.63) is 71.3 Å². The summed E-state index contributed by atoms with van der Waals surface area (Å²) in [7, 11) is 0. The highest BCUT2D eigenvalue weighted by atomic mass is 16.5. The molecule has 0 bridgehead atoms. The molecular formula is C18H18O4. The first-order valence-corrected chi connectivity index (χ1v) is 7.09. The van der Waals surface area contributed by atoms with E-state index in [1.54, 1.807) is 19.1 Å². The monoisotopic (exact) mass is 298 g/mol. The van der Waals surface area contributed by atoms with E-state index in [0.717, 1.165) is 5.56 Å². The number of carbonyl (C=O) groups is 2. The molecule has 0 aromatic heterocycles. The molecule has 22 heavy (non-hydrogen) atoms. The van der Waals surface area contributed by atoms with Gasteiger partial charge in [-0.15, -0.1) is 0 Å². The summed E-state index contributed by atoms with van der Waals surface area (Å²) in [4.78, 5) is 23.4. The first kappa shape index (κ1) is 15.8. The van der Waals surface area contributed by atoms with Crippen molar-refractivity contribution in [1.82, 2.24) is 0 Å². The molecule has 0 unspecified atom stereocenters. The maximum atomic E-state index is 12.2. The normalized spacial score (nSPS) is 13.2. The first-order valence-electron chi connectivity index (χ1n) is 7.09. The molecule has 2 aromatic rings. The van der Waals surface area contributed by atoms with E-state index in [1.165, 1.54) is 12.1 Å². The van der Waals surface area contributed by atoms with E-state index in [4.69, 9.17) is 9.84 Å². The quantitative estimate of drug-likeness (QED) is 0.854. The molecule has 0 fully saturated rings. The van der Waals surface area contributed by atoms with Crippen molar-refractivity contribution in [1.29, 1.82) is 0 Å².